The summed E-state index contributed by atoms with van der Waals surface area (Å²) in [7, 11) is -3.58. The van der Waals surface area contributed by atoms with Gasteiger partial charge in [0.15, 0.2) is 0 Å². The highest BCUT2D eigenvalue weighted by Gasteiger charge is 2.29. The van der Waals surface area contributed by atoms with Gasteiger partial charge in [0.25, 0.3) is 0 Å². The van der Waals surface area contributed by atoms with Crippen molar-refractivity contribution >= 4 is 21.6 Å². The van der Waals surface area contributed by atoms with Gasteiger partial charge in [-0.25, -0.2) is 13.1 Å². The maximum absolute atomic E-state index is 12.7. The van der Waals surface area contributed by atoms with Crippen molar-refractivity contribution in [3.8, 4) is 0 Å². The third-order valence-corrected chi connectivity index (χ3v) is 6.88. The van der Waals surface area contributed by atoms with Gasteiger partial charge in [0, 0.05) is 17.6 Å². The summed E-state index contributed by atoms with van der Waals surface area (Å²) in [5.41, 5.74) is 3.99. The maximum Gasteiger partial charge on any atom is 0.241 e. The van der Waals surface area contributed by atoms with E-state index in [1.54, 1.807) is 12.1 Å². The van der Waals surface area contributed by atoms with E-state index in [1.807, 2.05) is 37.3 Å². The number of hydrogen-bond acceptors (Lipinski definition) is 3. The van der Waals surface area contributed by atoms with Crippen molar-refractivity contribution in [3.63, 3.8) is 0 Å². The predicted molar refractivity (Wildman–Crippen MR) is 105 cm³/mol. The van der Waals surface area contributed by atoms with Crippen molar-refractivity contribution in [2.75, 3.05) is 5.32 Å². The van der Waals surface area contributed by atoms with Crippen LogP contribution >= 0.6 is 0 Å². The van der Waals surface area contributed by atoms with E-state index in [2.05, 4.69) is 10.0 Å². The Morgan fingerprint density at radius 2 is 1.74 bits per heavy atom. The van der Waals surface area contributed by atoms with Gasteiger partial charge in [0.2, 0.25) is 15.9 Å². The highest BCUT2D eigenvalue weighted by molar-refractivity contribution is 7.89. The molecule has 1 amide bonds. The van der Waals surface area contributed by atoms with Gasteiger partial charge in [-0.2, -0.15) is 0 Å². The molecule has 0 aromatic heterocycles. The number of nitrogens with one attached hydrogen (secondary N) is 2. The standard InChI is InChI=1S/C21H24N2O3S/c1-14(15-7-10-19(11-8-15)22-21(24)17-5-6-17)23-27(25,26)20-12-9-16-3-2-4-18(16)13-20/h7-14,17,23H,2-6H2,1H3,(H,22,24). The van der Waals surface area contributed by atoms with Crippen molar-refractivity contribution in [2.24, 2.45) is 5.92 Å². The molecule has 0 aliphatic heterocycles. The van der Waals surface area contributed by atoms with Crippen LogP contribution in [0.25, 0.3) is 0 Å². The lowest BCUT2D eigenvalue weighted by Crippen LogP contribution is -2.27. The second kappa shape index (κ2) is 7.09. The third kappa shape index (κ3) is 4.06. The van der Waals surface area contributed by atoms with E-state index in [-0.39, 0.29) is 17.9 Å². The van der Waals surface area contributed by atoms with Crippen LogP contribution in [-0.4, -0.2) is 14.3 Å². The summed E-state index contributed by atoms with van der Waals surface area (Å²) in [6, 6.07) is 12.4. The fourth-order valence-corrected chi connectivity index (χ4v) is 4.81. The molecule has 0 bridgehead atoms. The van der Waals surface area contributed by atoms with Crippen LogP contribution < -0.4 is 10.0 Å². The Morgan fingerprint density at radius 3 is 2.44 bits per heavy atom. The Kier molecular flexibility index (Phi) is 4.78. The van der Waals surface area contributed by atoms with E-state index in [1.165, 1.54) is 5.56 Å². The SMILES string of the molecule is CC(NS(=O)(=O)c1ccc2c(c1)CCC2)c1ccc(NC(=O)C2CC2)cc1. The van der Waals surface area contributed by atoms with Gasteiger partial charge in [-0.1, -0.05) is 18.2 Å². The number of rotatable bonds is 6. The first-order chi connectivity index (χ1) is 12.9. The van der Waals surface area contributed by atoms with Crippen LogP contribution in [-0.2, 0) is 27.7 Å². The van der Waals surface area contributed by atoms with E-state index < -0.39 is 10.0 Å². The zero-order valence-electron chi connectivity index (χ0n) is 15.4. The van der Waals surface area contributed by atoms with Gasteiger partial charge in [0.1, 0.15) is 0 Å². The zero-order valence-corrected chi connectivity index (χ0v) is 16.2. The Hall–Kier alpha value is -2.18. The molecule has 2 aromatic rings. The van der Waals surface area contributed by atoms with E-state index in [4.69, 9.17) is 0 Å². The normalized spacial score (nSPS) is 17.4. The van der Waals surface area contributed by atoms with E-state index in [9.17, 15) is 13.2 Å². The molecular weight excluding hydrogens is 360 g/mol. The van der Waals surface area contributed by atoms with Crippen LogP contribution in [0.1, 0.15) is 48.9 Å². The molecule has 2 aromatic carbocycles. The zero-order chi connectivity index (χ0) is 19.0. The maximum atomic E-state index is 12.7. The molecule has 2 N–H and O–H groups in total. The van der Waals surface area contributed by atoms with Crippen molar-refractivity contribution in [3.05, 3.63) is 59.2 Å². The molecule has 2 aliphatic carbocycles. The number of carbonyl (C=O) groups is 1. The number of benzene rings is 2. The van der Waals surface area contributed by atoms with E-state index >= 15 is 0 Å². The van der Waals surface area contributed by atoms with Crippen LogP contribution in [0, 0.1) is 5.92 Å². The van der Waals surface area contributed by atoms with Gasteiger partial charge in [0.05, 0.1) is 4.90 Å². The second-order valence-corrected chi connectivity index (χ2v) is 9.23. The minimum absolute atomic E-state index is 0.0631. The topological polar surface area (TPSA) is 75.3 Å². The second-order valence-electron chi connectivity index (χ2n) is 7.51. The van der Waals surface area contributed by atoms with Crippen molar-refractivity contribution in [1.29, 1.82) is 0 Å². The van der Waals surface area contributed by atoms with Crippen molar-refractivity contribution in [1.82, 2.24) is 4.72 Å². The predicted octanol–water partition coefficient (Wildman–Crippen LogP) is 3.56. The highest BCUT2D eigenvalue weighted by atomic mass is 32.2. The van der Waals surface area contributed by atoms with Crippen molar-refractivity contribution < 1.29 is 13.2 Å². The first-order valence-electron chi connectivity index (χ1n) is 9.47. The number of aryl methyl sites for hydroxylation is 2. The first kappa shape index (κ1) is 18.2. The van der Waals surface area contributed by atoms with E-state index in [0.29, 0.717) is 4.90 Å². The molecule has 5 nitrogen and oxygen atoms in total. The molecule has 1 atom stereocenters. The minimum Gasteiger partial charge on any atom is -0.326 e. The van der Waals surface area contributed by atoms with Crippen LogP contribution in [0.3, 0.4) is 0 Å². The average Bonchev–Trinajstić information content (AvgIpc) is 3.39. The molecule has 1 saturated carbocycles. The molecule has 27 heavy (non-hydrogen) atoms. The number of sulfonamides is 1. The van der Waals surface area contributed by atoms with Gasteiger partial charge in [-0.15, -0.1) is 0 Å². The molecule has 2 aliphatic rings. The largest absolute Gasteiger partial charge is 0.326 e. The number of anilines is 1. The Balaban J connectivity index is 1.44. The Labute approximate surface area is 160 Å². The molecular formula is C21H24N2O3S. The molecule has 0 spiro atoms. The number of amides is 1. The molecule has 0 heterocycles. The van der Waals surface area contributed by atoms with Gasteiger partial charge >= 0.3 is 0 Å². The van der Waals surface area contributed by atoms with Crippen LogP contribution in [0.15, 0.2) is 47.4 Å². The smallest absolute Gasteiger partial charge is 0.241 e. The van der Waals surface area contributed by atoms with Crippen LogP contribution in [0.5, 0.6) is 0 Å². The average molecular weight is 385 g/mol. The van der Waals surface area contributed by atoms with Crippen LogP contribution in [0.2, 0.25) is 0 Å². The fraction of sp³-hybridized carbons (Fsp3) is 0.381. The summed E-state index contributed by atoms with van der Waals surface area (Å²) in [5.74, 6) is 0.218. The minimum atomic E-state index is -3.58. The monoisotopic (exact) mass is 384 g/mol. The number of fused-ring (bicyclic) bond motifs is 1. The Bertz CT molecular complexity index is 963. The molecule has 1 unspecified atom stereocenters. The summed E-state index contributed by atoms with van der Waals surface area (Å²) < 4.78 is 28.2. The van der Waals surface area contributed by atoms with Crippen molar-refractivity contribution in [2.45, 2.75) is 50.0 Å². The van der Waals surface area contributed by atoms with Crippen LogP contribution in [0.4, 0.5) is 5.69 Å². The number of hydrogen-bond donors (Lipinski definition) is 2. The molecule has 1 fully saturated rings. The lowest BCUT2D eigenvalue weighted by molar-refractivity contribution is -0.117. The molecule has 6 heteroatoms. The highest BCUT2D eigenvalue weighted by Crippen LogP contribution is 2.30. The molecule has 4 rings (SSSR count). The number of carbonyl (C=O) groups excluding carboxylic acids is 1. The summed E-state index contributed by atoms with van der Waals surface area (Å²) >= 11 is 0. The summed E-state index contributed by atoms with van der Waals surface area (Å²) in [6.07, 6.45) is 4.99. The third-order valence-electron chi connectivity index (χ3n) is 5.34. The Morgan fingerprint density at radius 1 is 1.04 bits per heavy atom. The fourth-order valence-electron chi connectivity index (χ4n) is 3.53. The molecule has 0 saturated heterocycles. The first-order valence-corrected chi connectivity index (χ1v) is 11.0. The quantitative estimate of drug-likeness (QED) is 0.800. The van der Waals surface area contributed by atoms with Gasteiger partial charge in [-0.3, -0.25) is 4.79 Å². The van der Waals surface area contributed by atoms with Gasteiger partial charge in [-0.05, 0) is 80.0 Å². The molecule has 0 radical (unpaired) electrons. The lowest BCUT2D eigenvalue weighted by Gasteiger charge is -2.16. The van der Waals surface area contributed by atoms with Gasteiger partial charge < -0.3 is 5.32 Å². The summed E-state index contributed by atoms with van der Waals surface area (Å²) in [5, 5.41) is 2.89. The van der Waals surface area contributed by atoms with E-state index in [0.717, 1.165) is 48.9 Å². The molecule has 142 valence electrons. The summed E-state index contributed by atoms with van der Waals surface area (Å²) in [6.45, 7) is 1.82. The summed E-state index contributed by atoms with van der Waals surface area (Å²) in [4.78, 5) is 12.1. The lowest BCUT2D eigenvalue weighted by atomic mass is 10.1.